The van der Waals surface area contributed by atoms with Crippen molar-refractivity contribution in [1.29, 1.82) is 0 Å². The Hall–Kier alpha value is -0.900. The van der Waals surface area contributed by atoms with Crippen LogP contribution in [0.5, 0.6) is 0 Å². The Morgan fingerprint density at radius 3 is 2.59 bits per heavy atom. The summed E-state index contributed by atoms with van der Waals surface area (Å²) in [6, 6.07) is 8.95. The molecule has 32 heavy (non-hydrogen) atoms. The Labute approximate surface area is 211 Å². The number of nitrogens with zero attached hydrogens (tertiary/aromatic N) is 2. The van der Waals surface area contributed by atoms with Crippen LogP contribution in [-0.2, 0) is 22.6 Å². The summed E-state index contributed by atoms with van der Waals surface area (Å²) in [6.07, 6.45) is 8.69. The Kier molecular flexibility index (Phi) is 14.2. The Morgan fingerprint density at radius 1 is 1.09 bits per heavy atom. The number of rotatable bonds is 10. The van der Waals surface area contributed by atoms with E-state index in [4.69, 9.17) is 9.47 Å². The van der Waals surface area contributed by atoms with Crippen LogP contribution in [-0.4, -0.2) is 64.0 Å². The average molecular weight is 559 g/mol. The van der Waals surface area contributed by atoms with Crippen molar-refractivity contribution in [2.75, 3.05) is 53.1 Å². The number of guanidine groups is 1. The van der Waals surface area contributed by atoms with E-state index in [0.29, 0.717) is 5.92 Å². The third-order valence-electron chi connectivity index (χ3n) is 6.23. The zero-order valence-electron chi connectivity index (χ0n) is 19.8. The molecule has 0 aromatic heterocycles. The first-order valence-electron chi connectivity index (χ1n) is 12.2. The number of benzene rings is 1. The van der Waals surface area contributed by atoms with Crippen LogP contribution in [0.25, 0.3) is 0 Å². The van der Waals surface area contributed by atoms with Crippen LogP contribution in [0.3, 0.4) is 0 Å². The summed E-state index contributed by atoms with van der Waals surface area (Å²) in [7, 11) is 1.83. The highest BCUT2D eigenvalue weighted by atomic mass is 127. The second-order valence-corrected chi connectivity index (χ2v) is 8.85. The second kappa shape index (κ2) is 16.7. The lowest BCUT2D eigenvalue weighted by molar-refractivity contribution is 0.0203. The molecule has 3 rings (SSSR count). The van der Waals surface area contributed by atoms with Crippen molar-refractivity contribution >= 4 is 29.9 Å². The van der Waals surface area contributed by atoms with Gasteiger partial charge < -0.3 is 20.1 Å². The van der Waals surface area contributed by atoms with E-state index in [1.54, 1.807) is 0 Å². The first-order chi connectivity index (χ1) is 15.3. The zero-order valence-corrected chi connectivity index (χ0v) is 22.1. The van der Waals surface area contributed by atoms with Gasteiger partial charge in [0.2, 0.25) is 0 Å². The molecule has 2 fully saturated rings. The van der Waals surface area contributed by atoms with Gasteiger partial charge in [-0.2, -0.15) is 0 Å². The van der Waals surface area contributed by atoms with Crippen molar-refractivity contribution in [3.8, 4) is 0 Å². The number of ether oxygens (including phenoxy) is 2. The number of likely N-dealkylation sites (tertiary alicyclic amines) is 1. The molecule has 2 aliphatic heterocycles. The Bertz CT molecular complexity index is 645. The van der Waals surface area contributed by atoms with E-state index in [1.165, 1.54) is 49.9 Å². The van der Waals surface area contributed by atoms with E-state index in [-0.39, 0.29) is 24.0 Å². The molecular weight excluding hydrogens is 515 g/mol. The van der Waals surface area contributed by atoms with Gasteiger partial charge in [0.15, 0.2) is 5.96 Å². The minimum Gasteiger partial charge on any atom is -0.381 e. The minimum absolute atomic E-state index is 0. The third kappa shape index (κ3) is 10.8. The molecule has 0 amide bonds. The highest BCUT2D eigenvalue weighted by Gasteiger charge is 2.13. The molecule has 0 aliphatic carbocycles. The fraction of sp³-hybridized carbons (Fsp3) is 0.720. The number of aliphatic imine (C=N–C) groups is 1. The van der Waals surface area contributed by atoms with Crippen LogP contribution in [0, 0.1) is 5.92 Å². The lowest BCUT2D eigenvalue weighted by Crippen LogP contribution is -2.37. The topological polar surface area (TPSA) is 58.1 Å². The molecule has 1 aromatic carbocycles. The molecule has 0 spiro atoms. The summed E-state index contributed by atoms with van der Waals surface area (Å²) in [5, 5.41) is 6.84. The fourth-order valence-electron chi connectivity index (χ4n) is 4.34. The quantitative estimate of drug-likeness (QED) is 0.195. The molecule has 7 heteroatoms. The van der Waals surface area contributed by atoms with Crippen molar-refractivity contribution in [1.82, 2.24) is 15.5 Å². The number of halogens is 1. The second-order valence-electron chi connectivity index (χ2n) is 8.85. The van der Waals surface area contributed by atoms with Crippen LogP contribution in [0.4, 0.5) is 0 Å². The van der Waals surface area contributed by atoms with Crippen molar-refractivity contribution < 1.29 is 9.47 Å². The van der Waals surface area contributed by atoms with Gasteiger partial charge in [0, 0.05) is 53.1 Å². The van der Waals surface area contributed by atoms with Crippen molar-refractivity contribution in [2.24, 2.45) is 10.9 Å². The van der Waals surface area contributed by atoms with Gasteiger partial charge in [-0.1, -0.05) is 37.1 Å². The molecule has 0 atom stereocenters. The van der Waals surface area contributed by atoms with Gasteiger partial charge in [-0.3, -0.25) is 9.89 Å². The van der Waals surface area contributed by atoms with Gasteiger partial charge in [0.05, 0.1) is 0 Å². The van der Waals surface area contributed by atoms with Crippen LogP contribution in [0.15, 0.2) is 29.3 Å². The maximum absolute atomic E-state index is 5.84. The smallest absolute Gasteiger partial charge is 0.191 e. The number of hydrogen-bond acceptors (Lipinski definition) is 4. The van der Waals surface area contributed by atoms with E-state index in [1.807, 2.05) is 7.05 Å². The summed E-state index contributed by atoms with van der Waals surface area (Å²) in [5.74, 6) is 1.52. The lowest BCUT2D eigenvalue weighted by Gasteiger charge is -2.21. The van der Waals surface area contributed by atoms with Crippen molar-refractivity contribution in [2.45, 2.75) is 58.0 Å². The predicted molar refractivity (Wildman–Crippen MR) is 143 cm³/mol. The molecule has 2 heterocycles. The summed E-state index contributed by atoms with van der Waals surface area (Å²) in [6.45, 7) is 8.61. The zero-order chi connectivity index (χ0) is 21.6. The van der Waals surface area contributed by atoms with E-state index in [2.05, 4.69) is 44.8 Å². The van der Waals surface area contributed by atoms with Gasteiger partial charge in [-0.15, -0.1) is 24.0 Å². The highest BCUT2D eigenvalue weighted by molar-refractivity contribution is 14.0. The largest absolute Gasteiger partial charge is 0.381 e. The molecule has 2 N–H and O–H groups in total. The monoisotopic (exact) mass is 558 g/mol. The van der Waals surface area contributed by atoms with Gasteiger partial charge in [0.1, 0.15) is 0 Å². The molecular formula is C25H43IN4O2. The first-order valence-corrected chi connectivity index (χ1v) is 12.2. The van der Waals surface area contributed by atoms with Gasteiger partial charge in [0.25, 0.3) is 0 Å². The van der Waals surface area contributed by atoms with Crippen LogP contribution < -0.4 is 10.6 Å². The molecule has 0 bridgehead atoms. The molecule has 0 unspecified atom stereocenters. The molecule has 2 saturated heterocycles. The van der Waals surface area contributed by atoms with Crippen LogP contribution >= 0.6 is 24.0 Å². The van der Waals surface area contributed by atoms with Crippen molar-refractivity contribution in [3.05, 3.63) is 35.4 Å². The first kappa shape index (κ1) is 27.3. The van der Waals surface area contributed by atoms with Crippen LogP contribution in [0.2, 0.25) is 0 Å². The predicted octanol–water partition coefficient (Wildman–Crippen LogP) is 4.18. The van der Waals surface area contributed by atoms with E-state index in [0.717, 1.165) is 71.3 Å². The molecule has 1 aromatic rings. The summed E-state index contributed by atoms with van der Waals surface area (Å²) in [5.41, 5.74) is 2.71. The van der Waals surface area contributed by atoms with E-state index in [9.17, 15) is 0 Å². The lowest BCUT2D eigenvalue weighted by atomic mass is 10.0. The summed E-state index contributed by atoms with van der Waals surface area (Å²) >= 11 is 0. The number of nitrogens with one attached hydrogen (secondary N) is 2. The Morgan fingerprint density at radius 2 is 1.84 bits per heavy atom. The van der Waals surface area contributed by atoms with Gasteiger partial charge >= 0.3 is 0 Å². The molecule has 2 aliphatic rings. The number of hydrogen-bond donors (Lipinski definition) is 2. The minimum atomic E-state index is 0. The normalized spacial score (nSPS) is 18.6. The van der Waals surface area contributed by atoms with E-state index < -0.39 is 0 Å². The van der Waals surface area contributed by atoms with Gasteiger partial charge in [-0.25, -0.2) is 0 Å². The standard InChI is InChI=1S/C25H42N4O2.HI/c1-26-25(27-12-7-15-31-21-22-10-16-30-17-11-22)28-19-23-8-6-9-24(18-23)20-29-13-4-2-3-5-14-29;/h6,8-9,18,22H,2-5,7,10-17,19-21H2,1H3,(H2,26,27,28);1H. The van der Waals surface area contributed by atoms with Gasteiger partial charge in [-0.05, 0) is 62.2 Å². The Balaban J connectivity index is 0.00000363. The van der Waals surface area contributed by atoms with Crippen molar-refractivity contribution in [3.63, 3.8) is 0 Å². The summed E-state index contributed by atoms with van der Waals surface area (Å²) in [4.78, 5) is 6.95. The third-order valence-corrected chi connectivity index (χ3v) is 6.23. The van der Waals surface area contributed by atoms with E-state index >= 15 is 0 Å². The molecule has 6 nitrogen and oxygen atoms in total. The molecule has 0 radical (unpaired) electrons. The average Bonchev–Trinajstić information content (AvgIpc) is 3.08. The fourth-order valence-corrected chi connectivity index (χ4v) is 4.34. The maximum Gasteiger partial charge on any atom is 0.191 e. The highest BCUT2D eigenvalue weighted by Crippen LogP contribution is 2.15. The van der Waals surface area contributed by atoms with Crippen LogP contribution in [0.1, 0.15) is 56.1 Å². The molecule has 182 valence electrons. The molecule has 0 saturated carbocycles. The maximum atomic E-state index is 5.84. The summed E-state index contributed by atoms with van der Waals surface area (Å²) < 4.78 is 11.2. The SMILES string of the molecule is CN=C(NCCCOCC1CCOCC1)NCc1cccc(CN2CCCCCC2)c1.I.